The number of carbonyl (C=O) groups excluding carboxylic acids is 1. The van der Waals surface area contributed by atoms with Crippen LogP contribution in [0.3, 0.4) is 0 Å². The first-order valence-electron chi connectivity index (χ1n) is 4.28. The number of halogens is 1. The molecule has 0 aromatic carbocycles. The lowest BCUT2D eigenvalue weighted by Crippen LogP contribution is -2.35. The van der Waals surface area contributed by atoms with E-state index in [1.807, 2.05) is 0 Å². The number of rotatable bonds is 3. The van der Waals surface area contributed by atoms with Gasteiger partial charge in [0.25, 0.3) is 5.91 Å². The highest BCUT2D eigenvalue weighted by atomic mass is 79.9. The number of aromatic nitrogens is 1. The van der Waals surface area contributed by atoms with Gasteiger partial charge in [-0.1, -0.05) is 0 Å². The summed E-state index contributed by atoms with van der Waals surface area (Å²) in [6.07, 6.45) is 1.80. The van der Waals surface area contributed by atoms with Crippen LogP contribution in [0, 0.1) is 0 Å². The SMILES string of the molecule is CC(CO)NC(=O)c1cc(Br)cn1C. The van der Waals surface area contributed by atoms with Crippen molar-refractivity contribution in [2.75, 3.05) is 6.61 Å². The molecule has 0 bridgehead atoms. The zero-order chi connectivity index (χ0) is 10.7. The Morgan fingerprint density at radius 1 is 1.79 bits per heavy atom. The van der Waals surface area contributed by atoms with Gasteiger partial charge in [0.05, 0.1) is 6.61 Å². The smallest absolute Gasteiger partial charge is 0.268 e. The topological polar surface area (TPSA) is 54.3 Å². The molecular weight excluding hydrogens is 248 g/mol. The molecule has 1 unspecified atom stereocenters. The molecule has 0 saturated heterocycles. The van der Waals surface area contributed by atoms with Crippen LogP contribution in [0.1, 0.15) is 17.4 Å². The van der Waals surface area contributed by atoms with Gasteiger partial charge in [-0.25, -0.2) is 0 Å². The van der Waals surface area contributed by atoms with Gasteiger partial charge in [-0.3, -0.25) is 4.79 Å². The Morgan fingerprint density at radius 2 is 2.43 bits per heavy atom. The van der Waals surface area contributed by atoms with Gasteiger partial charge in [0.2, 0.25) is 0 Å². The molecular formula is C9H13BrN2O2. The van der Waals surface area contributed by atoms with Gasteiger partial charge in [-0.05, 0) is 28.9 Å². The van der Waals surface area contributed by atoms with Crippen molar-refractivity contribution in [1.82, 2.24) is 9.88 Å². The summed E-state index contributed by atoms with van der Waals surface area (Å²) in [5.41, 5.74) is 0.567. The van der Waals surface area contributed by atoms with Crippen molar-refractivity contribution in [3.8, 4) is 0 Å². The van der Waals surface area contributed by atoms with Crippen molar-refractivity contribution >= 4 is 21.8 Å². The Morgan fingerprint density at radius 3 is 2.86 bits per heavy atom. The van der Waals surface area contributed by atoms with Crippen LogP contribution in [0.15, 0.2) is 16.7 Å². The third-order valence-electron chi connectivity index (χ3n) is 1.86. The monoisotopic (exact) mass is 260 g/mol. The molecule has 14 heavy (non-hydrogen) atoms. The van der Waals surface area contributed by atoms with Crippen molar-refractivity contribution in [2.24, 2.45) is 7.05 Å². The Hall–Kier alpha value is -0.810. The molecule has 1 aromatic heterocycles. The van der Waals surface area contributed by atoms with Gasteiger partial charge >= 0.3 is 0 Å². The molecule has 0 radical (unpaired) electrons. The van der Waals surface area contributed by atoms with E-state index in [-0.39, 0.29) is 18.6 Å². The van der Waals surface area contributed by atoms with Crippen LogP contribution >= 0.6 is 15.9 Å². The Kier molecular flexibility index (Phi) is 3.71. The average Bonchev–Trinajstić information content (AvgIpc) is 2.45. The first kappa shape index (κ1) is 11.3. The van der Waals surface area contributed by atoms with E-state index in [9.17, 15) is 4.79 Å². The third-order valence-corrected chi connectivity index (χ3v) is 2.29. The third kappa shape index (κ3) is 2.59. The summed E-state index contributed by atoms with van der Waals surface area (Å²) in [7, 11) is 1.79. The van der Waals surface area contributed by atoms with E-state index in [0.29, 0.717) is 5.69 Å². The van der Waals surface area contributed by atoms with Crippen molar-refractivity contribution in [1.29, 1.82) is 0 Å². The molecule has 0 aliphatic heterocycles. The molecule has 4 nitrogen and oxygen atoms in total. The number of carbonyl (C=O) groups is 1. The first-order chi connectivity index (χ1) is 6.54. The maximum atomic E-state index is 11.6. The standard InChI is InChI=1S/C9H13BrN2O2/c1-6(5-13)11-9(14)8-3-7(10)4-12(8)2/h3-4,6,13H,5H2,1-2H3,(H,11,14). The average molecular weight is 261 g/mol. The molecule has 1 aromatic rings. The summed E-state index contributed by atoms with van der Waals surface area (Å²) in [4.78, 5) is 11.6. The maximum absolute atomic E-state index is 11.6. The second kappa shape index (κ2) is 4.61. The van der Waals surface area contributed by atoms with Crippen LogP contribution < -0.4 is 5.32 Å². The lowest BCUT2D eigenvalue weighted by molar-refractivity contribution is 0.0914. The number of amides is 1. The second-order valence-corrected chi connectivity index (χ2v) is 4.13. The molecule has 1 atom stereocenters. The van der Waals surface area contributed by atoms with Crippen LogP contribution in [-0.2, 0) is 7.05 Å². The van der Waals surface area contributed by atoms with Crippen LogP contribution in [0.25, 0.3) is 0 Å². The summed E-state index contributed by atoms with van der Waals surface area (Å²) < 4.78 is 2.59. The maximum Gasteiger partial charge on any atom is 0.268 e. The molecule has 78 valence electrons. The molecule has 0 spiro atoms. The fourth-order valence-electron chi connectivity index (χ4n) is 1.09. The Balaban J connectivity index is 2.74. The number of nitrogens with one attached hydrogen (secondary N) is 1. The van der Waals surface area contributed by atoms with Crippen molar-refractivity contribution in [2.45, 2.75) is 13.0 Å². The van der Waals surface area contributed by atoms with Gasteiger partial charge in [0.1, 0.15) is 5.69 Å². The van der Waals surface area contributed by atoms with Crippen molar-refractivity contribution in [3.63, 3.8) is 0 Å². The number of hydrogen-bond acceptors (Lipinski definition) is 2. The number of aryl methyl sites for hydroxylation is 1. The summed E-state index contributed by atoms with van der Waals surface area (Å²) >= 11 is 3.28. The van der Waals surface area contributed by atoms with Crippen LogP contribution in [0.2, 0.25) is 0 Å². The quantitative estimate of drug-likeness (QED) is 0.849. The van der Waals surface area contributed by atoms with E-state index >= 15 is 0 Å². The predicted molar refractivity (Wildman–Crippen MR) is 57.1 cm³/mol. The van der Waals surface area contributed by atoms with E-state index in [1.54, 1.807) is 30.8 Å². The minimum absolute atomic E-state index is 0.0582. The summed E-state index contributed by atoms with van der Waals surface area (Å²) in [6.45, 7) is 1.69. The Labute approximate surface area is 91.0 Å². The molecule has 5 heteroatoms. The van der Waals surface area contributed by atoms with Gasteiger partial charge in [0, 0.05) is 23.8 Å². The minimum atomic E-state index is -0.226. The molecule has 1 rings (SSSR count). The highest BCUT2D eigenvalue weighted by Gasteiger charge is 2.12. The summed E-state index contributed by atoms with van der Waals surface area (Å²) in [5.74, 6) is -0.181. The highest BCUT2D eigenvalue weighted by molar-refractivity contribution is 9.10. The number of nitrogens with zero attached hydrogens (tertiary/aromatic N) is 1. The molecule has 0 aliphatic carbocycles. The van der Waals surface area contributed by atoms with E-state index in [4.69, 9.17) is 5.11 Å². The number of hydrogen-bond donors (Lipinski definition) is 2. The van der Waals surface area contributed by atoms with Gasteiger partial charge < -0.3 is 15.0 Å². The summed E-state index contributed by atoms with van der Waals surface area (Å²) in [5, 5.41) is 11.4. The van der Waals surface area contributed by atoms with Crippen molar-refractivity contribution < 1.29 is 9.90 Å². The molecule has 0 fully saturated rings. The van der Waals surface area contributed by atoms with E-state index in [1.165, 1.54) is 0 Å². The zero-order valence-electron chi connectivity index (χ0n) is 8.12. The fraction of sp³-hybridized carbons (Fsp3) is 0.444. The molecule has 2 N–H and O–H groups in total. The minimum Gasteiger partial charge on any atom is -0.394 e. The van der Waals surface area contributed by atoms with Gasteiger partial charge in [0.15, 0.2) is 0 Å². The fourth-order valence-corrected chi connectivity index (χ4v) is 1.62. The predicted octanol–water partition coefficient (Wildman–Crippen LogP) is 0.898. The molecule has 0 saturated carbocycles. The zero-order valence-corrected chi connectivity index (χ0v) is 9.71. The first-order valence-corrected chi connectivity index (χ1v) is 5.07. The lowest BCUT2D eigenvalue weighted by atomic mass is 10.3. The molecule has 1 heterocycles. The second-order valence-electron chi connectivity index (χ2n) is 3.21. The normalized spacial score (nSPS) is 12.6. The highest BCUT2D eigenvalue weighted by Crippen LogP contribution is 2.13. The summed E-state index contributed by atoms with van der Waals surface area (Å²) in [6, 6.07) is 1.51. The van der Waals surface area contributed by atoms with Gasteiger partial charge in [-0.2, -0.15) is 0 Å². The van der Waals surface area contributed by atoms with Crippen LogP contribution in [-0.4, -0.2) is 28.2 Å². The molecule has 0 aliphatic rings. The van der Waals surface area contributed by atoms with Gasteiger partial charge in [-0.15, -0.1) is 0 Å². The van der Waals surface area contributed by atoms with E-state index in [2.05, 4.69) is 21.2 Å². The number of aliphatic hydroxyl groups is 1. The van der Waals surface area contributed by atoms with Crippen molar-refractivity contribution in [3.05, 3.63) is 22.4 Å². The molecule has 1 amide bonds. The Bertz CT molecular complexity index is 336. The van der Waals surface area contributed by atoms with Crippen LogP contribution in [0.4, 0.5) is 0 Å². The lowest BCUT2D eigenvalue weighted by Gasteiger charge is -2.10. The van der Waals surface area contributed by atoms with E-state index in [0.717, 1.165) is 4.47 Å². The van der Waals surface area contributed by atoms with Crippen LogP contribution in [0.5, 0.6) is 0 Å². The number of aliphatic hydroxyl groups excluding tert-OH is 1. The largest absolute Gasteiger partial charge is 0.394 e. The van der Waals surface area contributed by atoms with E-state index < -0.39 is 0 Å².